The first-order chi connectivity index (χ1) is 9.90. The first-order valence-electron chi connectivity index (χ1n) is 7.07. The Balaban J connectivity index is 2.44. The number of amides is 2. The van der Waals surface area contributed by atoms with Gasteiger partial charge in [-0.15, -0.1) is 0 Å². The molecule has 0 saturated heterocycles. The van der Waals surface area contributed by atoms with Gasteiger partial charge in [-0.25, -0.2) is 4.79 Å². The summed E-state index contributed by atoms with van der Waals surface area (Å²) in [5.74, 6) is -1.18. The molecule has 0 aliphatic heterocycles. The van der Waals surface area contributed by atoms with Crippen molar-refractivity contribution < 1.29 is 14.7 Å². The summed E-state index contributed by atoms with van der Waals surface area (Å²) >= 11 is 0. The number of nitrogens with zero attached hydrogens (tertiary/aromatic N) is 1. The van der Waals surface area contributed by atoms with Gasteiger partial charge >= 0.3 is 12.0 Å². The van der Waals surface area contributed by atoms with Gasteiger partial charge in [0.2, 0.25) is 0 Å². The highest BCUT2D eigenvalue weighted by Gasteiger charge is 2.20. The molecule has 0 fully saturated rings. The van der Waals surface area contributed by atoms with Gasteiger partial charge in [0.05, 0.1) is 12.0 Å². The van der Waals surface area contributed by atoms with Crippen LogP contribution in [0.2, 0.25) is 0 Å². The second kappa shape index (κ2) is 8.24. The van der Waals surface area contributed by atoms with Crippen molar-refractivity contribution in [2.24, 2.45) is 11.8 Å². The predicted octanol–water partition coefficient (Wildman–Crippen LogP) is 2.19. The number of carboxylic acids is 1. The van der Waals surface area contributed by atoms with E-state index in [-0.39, 0.29) is 24.5 Å². The van der Waals surface area contributed by atoms with E-state index in [2.05, 4.69) is 15.6 Å². The van der Waals surface area contributed by atoms with Gasteiger partial charge in [0.1, 0.15) is 0 Å². The second-order valence-corrected chi connectivity index (χ2v) is 5.53. The van der Waals surface area contributed by atoms with E-state index in [9.17, 15) is 9.59 Å². The molecule has 3 N–H and O–H groups in total. The van der Waals surface area contributed by atoms with Gasteiger partial charge in [-0.3, -0.25) is 9.78 Å². The number of nitrogens with one attached hydrogen (secondary N) is 2. The van der Waals surface area contributed by atoms with Crippen molar-refractivity contribution in [3.8, 4) is 0 Å². The second-order valence-electron chi connectivity index (χ2n) is 5.53. The monoisotopic (exact) mass is 293 g/mol. The van der Waals surface area contributed by atoms with Crippen LogP contribution in [0.4, 0.5) is 4.79 Å². The Morgan fingerprint density at radius 1 is 1.33 bits per heavy atom. The van der Waals surface area contributed by atoms with Crippen LogP contribution in [0, 0.1) is 11.8 Å². The number of carbonyl (C=O) groups is 2. The van der Waals surface area contributed by atoms with Gasteiger partial charge in [0, 0.05) is 18.9 Å². The summed E-state index contributed by atoms with van der Waals surface area (Å²) in [6.07, 6.45) is 3.89. The van der Waals surface area contributed by atoms with Crippen LogP contribution in [0.15, 0.2) is 24.5 Å². The minimum Gasteiger partial charge on any atom is -0.481 e. The van der Waals surface area contributed by atoms with E-state index in [0.717, 1.165) is 5.56 Å². The van der Waals surface area contributed by atoms with Crippen LogP contribution in [0.5, 0.6) is 0 Å². The van der Waals surface area contributed by atoms with Crippen LogP contribution >= 0.6 is 0 Å². The number of rotatable bonds is 7. The minimum atomic E-state index is -0.885. The van der Waals surface area contributed by atoms with Gasteiger partial charge in [0.25, 0.3) is 0 Å². The van der Waals surface area contributed by atoms with Crippen molar-refractivity contribution in [1.82, 2.24) is 15.6 Å². The van der Waals surface area contributed by atoms with Crippen molar-refractivity contribution in [2.75, 3.05) is 6.54 Å². The quantitative estimate of drug-likeness (QED) is 0.718. The minimum absolute atomic E-state index is 0.124. The first kappa shape index (κ1) is 16.9. The zero-order valence-corrected chi connectivity index (χ0v) is 12.7. The molecule has 1 rings (SSSR count). The van der Waals surface area contributed by atoms with Crippen LogP contribution in [0.1, 0.15) is 38.8 Å². The van der Waals surface area contributed by atoms with Gasteiger partial charge in [0.15, 0.2) is 0 Å². The summed E-state index contributed by atoms with van der Waals surface area (Å²) in [7, 11) is 0. The highest BCUT2D eigenvalue weighted by atomic mass is 16.4. The number of carbonyl (C=O) groups excluding carboxylic acids is 1. The molecule has 0 aromatic carbocycles. The molecular formula is C15H23N3O3. The van der Waals surface area contributed by atoms with E-state index in [1.807, 2.05) is 26.8 Å². The highest BCUT2D eigenvalue weighted by molar-refractivity contribution is 5.76. The van der Waals surface area contributed by atoms with Crippen molar-refractivity contribution in [1.29, 1.82) is 0 Å². The largest absolute Gasteiger partial charge is 0.481 e. The fraction of sp³-hybridized carbons (Fsp3) is 0.533. The Labute approximate surface area is 125 Å². The molecule has 0 saturated carbocycles. The molecule has 1 heterocycles. The third-order valence-electron chi connectivity index (χ3n) is 3.15. The summed E-state index contributed by atoms with van der Waals surface area (Å²) in [4.78, 5) is 26.9. The zero-order chi connectivity index (χ0) is 15.8. The lowest BCUT2D eigenvalue weighted by molar-refractivity contribution is -0.142. The standard InChI is InChI=1S/C15H23N3O3/c1-10(2)7-13(14(19)20)9-17-15(21)18-11(3)12-5-4-6-16-8-12/h4-6,8,10-11,13H,7,9H2,1-3H3,(H,19,20)(H2,17,18,21). The Morgan fingerprint density at radius 2 is 2.05 bits per heavy atom. The summed E-state index contributed by atoms with van der Waals surface area (Å²) in [5.41, 5.74) is 0.893. The summed E-state index contributed by atoms with van der Waals surface area (Å²) < 4.78 is 0. The van der Waals surface area contributed by atoms with E-state index < -0.39 is 11.9 Å². The van der Waals surface area contributed by atoms with E-state index in [0.29, 0.717) is 6.42 Å². The molecule has 21 heavy (non-hydrogen) atoms. The van der Waals surface area contributed by atoms with Crippen molar-refractivity contribution in [3.05, 3.63) is 30.1 Å². The summed E-state index contributed by atoms with van der Waals surface area (Å²) in [5, 5.41) is 14.5. The average Bonchev–Trinajstić information content (AvgIpc) is 2.43. The van der Waals surface area contributed by atoms with Crippen molar-refractivity contribution >= 4 is 12.0 Å². The highest BCUT2D eigenvalue weighted by Crippen LogP contribution is 2.12. The molecule has 1 aromatic rings. The molecule has 116 valence electrons. The Bertz CT molecular complexity index is 462. The third kappa shape index (κ3) is 6.25. The topological polar surface area (TPSA) is 91.3 Å². The van der Waals surface area contributed by atoms with Gasteiger partial charge < -0.3 is 15.7 Å². The average molecular weight is 293 g/mol. The zero-order valence-electron chi connectivity index (χ0n) is 12.7. The molecule has 0 bridgehead atoms. The van der Waals surface area contributed by atoms with Crippen LogP contribution in [-0.4, -0.2) is 28.6 Å². The lowest BCUT2D eigenvalue weighted by atomic mass is 9.97. The van der Waals surface area contributed by atoms with Crippen LogP contribution in [-0.2, 0) is 4.79 Å². The Hall–Kier alpha value is -2.11. The fourth-order valence-electron chi connectivity index (χ4n) is 2.02. The first-order valence-corrected chi connectivity index (χ1v) is 7.07. The van der Waals surface area contributed by atoms with Gasteiger partial charge in [-0.2, -0.15) is 0 Å². The van der Waals surface area contributed by atoms with E-state index >= 15 is 0 Å². The molecule has 0 spiro atoms. The van der Waals surface area contributed by atoms with E-state index in [4.69, 9.17) is 5.11 Å². The van der Waals surface area contributed by atoms with Crippen molar-refractivity contribution in [3.63, 3.8) is 0 Å². The molecule has 0 aliphatic rings. The number of carboxylic acid groups (broad SMARTS) is 1. The molecule has 0 radical (unpaired) electrons. The van der Waals surface area contributed by atoms with Crippen LogP contribution in [0.25, 0.3) is 0 Å². The van der Waals surface area contributed by atoms with Crippen molar-refractivity contribution in [2.45, 2.75) is 33.2 Å². The third-order valence-corrected chi connectivity index (χ3v) is 3.15. The normalized spacial score (nSPS) is 13.5. The summed E-state index contributed by atoms with van der Waals surface area (Å²) in [6, 6.07) is 3.11. The fourth-order valence-corrected chi connectivity index (χ4v) is 2.02. The number of urea groups is 1. The molecule has 6 heteroatoms. The maximum Gasteiger partial charge on any atom is 0.315 e. The molecule has 1 aromatic heterocycles. The van der Waals surface area contributed by atoms with E-state index in [1.165, 1.54) is 0 Å². The predicted molar refractivity (Wildman–Crippen MR) is 79.8 cm³/mol. The van der Waals surface area contributed by atoms with Gasteiger partial charge in [-0.1, -0.05) is 19.9 Å². The number of hydrogen-bond donors (Lipinski definition) is 3. The Kier molecular flexibility index (Phi) is 6.65. The van der Waals surface area contributed by atoms with Crippen LogP contribution < -0.4 is 10.6 Å². The van der Waals surface area contributed by atoms with E-state index in [1.54, 1.807) is 18.5 Å². The number of pyridine rings is 1. The maximum atomic E-state index is 11.8. The molecule has 0 aliphatic carbocycles. The maximum absolute atomic E-state index is 11.8. The molecule has 2 amide bonds. The Morgan fingerprint density at radius 3 is 2.57 bits per heavy atom. The lowest BCUT2D eigenvalue weighted by Gasteiger charge is -2.18. The number of hydrogen-bond acceptors (Lipinski definition) is 3. The number of aromatic nitrogens is 1. The SMILES string of the molecule is CC(C)CC(CNC(=O)NC(C)c1cccnc1)C(=O)O. The summed E-state index contributed by atoms with van der Waals surface area (Å²) in [6.45, 7) is 5.89. The number of aliphatic carboxylic acids is 1. The van der Waals surface area contributed by atoms with Crippen LogP contribution in [0.3, 0.4) is 0 Å². The lowest BCUT2D eigenvalue weighted by Crippen LogP contribution is -2.41. The molecular weight excluding hydrogens is 270 g/mol. The smallest absolute Gasteiger partial charge is 0.315 e. The molecule has 2 unspecified atom stereocenters. The molecule has 2 atom stereocenters. The van der Waals surface area contributed by atoms with Gasteiger partial charge in [-0.05, 0) is 30.9 Å². The molecule has 6 nitrogen and oxygen atoms in total.